The van der Waals surface area contributed by atoms with Crippen molar-refractivity contribution in [2.24, 2.45) is 5.11 Å². The van der Waals surface area contributed by atoms with Crippen molar-refractivity contribution in [3.8, 4) is 0 Å². The number of ether oxygens (including phenoxy) is 1. The summed E-state index contributed by atoms with van der Waals surface area (Å²) in [5.74, 6) is -1.04. The van der Waals surface area contributed by atoms with E-state index in [1.54, 1.807) is 0 Å². The highest BCUT2D eigenvalue weighted by molar-refractivity contribution is 6.25. The van der Waals surface area contributed by atoms with Crippen molar-refractivity contribution in [2.45, 2.75) is 0 Å². The van der Waals surface area contributed by atoms with E-state index in [1.165, 1.54) is 12.1 Å². The zero-order valence-corrected chi connectivity index (χ0v) is 12.7. The summed E-state index contributed by atoms with van der Waals surface area (Å²) in [4.78, 5) is 35.0. The van der Waals surface area contributed by atoms with Crippen LogP contribution in [0.5, 0.6) is 0 Å². The van der Waals surface area contributed by atoms with E-state index in [0.29, 0.717) is 11.8 Å². The van der Waals surface area contributed by atoms with E-state index in [0.717, 1.165) is 13.2 Å². The number of halogens is 2. The third kappa shape index (κ3) is 5.57. The second-order valence-electron chi connectivity index (χ2n) is 3.32. The summed E-state index contributed by atoms with van der Waals surface area (Å²) in [6, 6.07) is 3.41. The standard InChI is InChI=1S/C9H6N4O5.C2H4Cl2/c1-18-9(15)5-3-2-4-6(13(16)17)7(5)8(14)11-12-10;3-1-2-4/h2-4H,1H3;1-2H2. The van der Waals surface area contributed by atoms with Gasteiger partial charge in [-0.3, -0.25) is 14.9 Å². The van der Waals surface area contributed by atoms with Crippen LogP contribution < -0.4 is 0 Å². The van der Waals surface area contributed by atoms with E-state index >= 15 is 0 Å². The van der Waals surface area contributed by atoms with E-state index in [9.17, 15) is 19.7 Å². The molecule has 1 aromatic carbocycles. The number of alkyl halides is 2. The Hall–Kier alpha value is -2.35. The molecule has 0 saturated heterocycles. The van der Waals surface area contributed by atoms with Crippen molar-refractivity contribution in [3.63, 3.8) is 0 Å². The van der Waals surface area contributed by atoms with Gasteiger partial charge in [0.05, 0.1) is 17.6 Å². The smallest absolute Gasteiger partial charge is 0.338 e. The fraction of sp³-hybridized carbons (Fsp3) is 0.273. The van der Waals surface area contributed by atoms with Crippen LogP contribution in [0.25, 0.3) is 10.4 Å². The molecule has 0 N–H and O–H groups in total. The number of azide groups is 1. The quantitative estimate of drug-likeness (QED) is 0.156. The minimum atomic E-state index is -1.22. The van der Waals surface area contributed by atoms with Crippen LogP contribution >= 0.6 is 23.2 Å². The lowest BCUT2D eigenvalue weighted by molar-refractivity contribution is -0.385. The van der Waals surface area contributed by atoms with Crippen LogP contribution in [-0.2, 0) is 4.74 Å². The number of nitro groups is 1. The Morgan fingerprint density at radius 1 is 1.41 bits per heavy atom. The molecule has 0 radical (unpaired) electrons. The number of hydrogen-bond donors (Lipinski definition) is 0. The lowest BCUT2D eigenvalue weighted by Gasteiger charge is -2.04. The van der Waals surface area contributed by atoms with Gasteiger partial charge in [-0.1, -0.05) is 6.07 Å². The first-order valence-electron chi connectivity index (χ1n) is 5.51. The third-order valence-corrected chi connectivity index (χ3v) is 2.64. The number of carbonyl (C=O) groups excluding carboxylic acids is 2. The van der Waals surface area contributed by atoms with Gasteiger partial charge in [-0.05, 0) is 16.7 Å². The predicted octanol–water partition coefficient (Wildman–Crippen LogP) is 3.30. The number of rotatable bonds is 4. The molecule has 118 valence electrons. The Kier molecular flexibility index (Phi) is 9.28. The molecule has 0 aliphatic heterocycles. The number of nitro benzene ring substituents is 1. The first kappa shape index (κ1) is 19.7. The number of nitrogens with zero attached hydrogens (tertiary/aromatic N) is 4. The maximum Gasteiger partial charge on any atom is 0.338 e. The molecular weight excluding hydrogens is 339 g/mol. The van der Waals surface area contributed by atoms with Crippen LogP contribution in [0.3, 0.4) is 0 Å². The van der Waals surface area contributed by atoms with Crippen LogP contribution in [0, 0.1) is 10.1 Å². The lowest BCUT2D eigenvalue weighted by Crippen LogP contribution is -2.11. The molecule has 11 heteroatoms. The molecule has 22 heavy (non-hydrogen) atoms. The highest BCUT2D eigenvalue weighted by atomic mass is 35.5. The van der Waals surface area contributed by atoms with Gasteiger partial charge in [0, 0.05) is 22.7 Å². The van der Waals surface area contributed by atoms with Gasteiger partial charge in [-0.15, -0.1) is 23.2 Å². The monoisotopic (exact) mass is 348 g/mol. The van der Waals surface area contributed by atoms with Gasteiger partial charge < -0.3 is 4.74 Å². The van der Waals surface area contributed by atoms with Crippen molar-refractivity contribution in [2.75, 3.05) is 18.9 Å². The minimum absolute atomic E-state index is 0.330. The molecule has 1 amide bonds. The first-order chi connectivity index (χ1) is 10.4. The molecule has 0 aliphatic carbocycles. The number of hydrogen-bond acceptors (Lipinski definition) is 5. The summed E-state index contributed by atoms with van der Waals surface area (Å²) in [6.45, 7) is 0. The van der Waals surface area contributed by atoms with Gasteiger partial charge in [-0.2, -0.15) is 0 Å². The van der Waals surface area contributed by atoms with Gasteiger partial charge in [0.2, 0.25) is 0 Å². The number of esters is 1. The van der Waals surface area contributed by atoms with Crippen LogP contribution in [0.15, 0.2) is 23.3 Å². The summed E-state index contributed by atoms with van der Waals surface area (Å²) in [5.41, 5.74) is 6.62. The van der Waals surface area contributed by atoms with Gasteiger partial charge in [0.25, 0.3) is 11.6 Å². The lowest BCUT2D eigenvalue weighted by atomic mass is 10.0. The zero-order valence-electron chi connectivity index (χ0n) is 11.2. The summed E-state index contributed by atoms with van der Waals surface area (Å²) in [6.07, 6.45) is 0. The van der Waals surface area contributed by atoms with Crippen molar-refractivity contribution < 1.29 is 19.2 Å². The second-order valence-corrected chi connectivity index (χ2v) is 4.08. The number of benzene rings is 1. The van der Waals surface area contributed by atoms with Gasteiger partial charge >= 0.3 is 5.97 Å². The molecule has 0 atom stereocenters. The molecule has 0 unspecified atom stereocenters. The summed E-state index contributed by atoms with van der Waals surface area (Å²) >= 11 is 10.1. The highest BCUT2D eigenvalue weighted by Crippen LogP contribution is 2.24. The van der Waals surface area contributed by atoms with Crippen LogP contribution in [-0.4, -0.2) is 35.7 Å². The summed E-state index contributed by atoms with van der Waals surface area (Å²) < 4.78 is 4.39. The van der Waals surface area contributed by atoms with Gasteiger partial charge in [0.15, 0.2) is 0 Å². The van der Waals surface area contributed by atoms with E-state index in [-0.39, 0.29) is 5.56 Å². The van der Waals surface area contributed by atoms with E-state index in [1.807, 2.05) is 0 Å². The molecule has 0 aliphatic rings. The molecule has 1 rings (SSSR count). The predicted molar refractivity (Wildman–Crippen MR) is 79.4 cm³/mol. The van der Waals surface area contributed by atoms with Gasteiger partial charge in [0.1, 0.15) is 5.56 Å². The summed E-state index contributed by atoms with van der Waals surface area (Å²) in [7, 11) is 1.06. The topological polar surface area (TPSA) is 135 Å². The van der Waals surface area contributed by atoms with E-state index < -0.39 is 28.1 Å². The van der Waals surface area contributed by atoms with Gasteiger partial charge in [-0.25, -0.2) is 4.79 Å². The zero-order chi connectivity index (χ0) is 17.1. The average Bonchev–Trinajstić information content (AvgIpc) is 2.53. The normalized spacial score (nSPS) is 8.86. The Morgan fingerprint density at radius 3 is 2.41 bits per heavy atom. The maximum absolute atomic E-state index is 11.5. The fourth-order valence-corrected chi connectivity index (χ4v) is 1.29. The Labute approximate surface area is 134 Å². The SMILES string of the molecule is COC(=O)c1cccc([N+](=O)[O-])c1C(=O)N=[N+]=[N-].ClCCCl. The number of carbonyl (C=O) groups is 2. The molecular formula is C11H10Cl2N4O5. The molecule has 0 saturated carbocycles. The van der Waals surface area contributed by atoms with Crippen molar-refractivity contribution in [3.05, 3.63) is 49.9 Å². The molecule has 9 nitrogen and oxygen atoms in total. The Morgan fingerprint density at radius 2 is 2.00 bits per heavy atom. The molecule has 0 bridgehead atoms. The van der Waals surface area contributed by atoms with Crippen LogP contribution in [0.2, 0.25) is 0 Å². The largest absolute Gasteiger partial charge is 0.465 e. The van der Waals surface area contributed by atoms with Crippen molar-refractivity contribution in [1.82, 2.24) is 0 Å². The maximum atomic E-state index is 11.5. The Bertz CT molecular complexity index is 615. The molecule has 0 heterocycles. The van der Waals surface area contributed by atoms with E-state index in [2.05, 4.69) is 14.8 Å². The average molecular weight is 349 g/mol. The summed E-state index contributed by atoms with van der Waals surface area (Å²) in [5, 5.41) is 13.5. The van der Waals surface area contributed by atoms with Crippen LogP contribution in [0.1, 0.15) is 20.7 Å². The minimum Gasteiger partial charge on any atom is -0.465 e. The molecule has 0 fully saturated rings. The molecule has 0 spiro atoms. The van der Waals surface area contributed by atoms with Crippen LogP contribution in [0.4, 0.5) is 5.69 Å². The third-order valence-electron chi connectivity index (χ3n) is 2.07. The first-order valence-corrected chi connectivity index (χ1v) is 6.58. The van der Waals surface area contributed by atoms with E-state index in [4.69, 9.17) is 28.7 Å². The van der Waals surface area contributed by atoms with Crippen molar-refractivity contribution >= 4 is 40.8 Å². The number of methoxy groups -OCH3 is 1. The highest BCUT2D eigenvalue weighted by Gasteiger charge is 2.26. The number of amides is 1. The second kappa shape index (κ2) is 10.4. The molecule has 1 aromatic rings. The Balaban J connectivity index is 0.000000980. The van der Waals surface area contributed by atoms with Crippen molar-refractivity contribution in [1.29, 1.82) is 0 Å². The fourth-order valence-electron chi connectivity index (χ4n) is 1.29. The molecule has 0 aromatic heterocycles.